The second-order valence-corrected chi connectivity index (χ2v) is 5.09. The van der Waals surface area contributed by atoms with Crippen molar-refractivity contribution in [3.05, 3.63) is 28.2 Å². The van der Waals surface area contributed by atoms with Crippen LogP contribution in [0.3, 0.4) is 0 Å². The topological polar surface area (TPSA) is 29.5 Å². The third-order valence-corrected chi connectivity index (χ3v) is 3.78. The zero-order valence-corrected chi connectivity index (χ0v) is 10.5. The number of hydrogen-bond donors (Lipinski definition) is 1. The van der Waals surface area contributed by atoms with E-state index in [2.05, 4.69) is 22.0 Å². The molecule has 1 atom stereocenters. The molecule has 0 saturated heterocycles. The molecule has 2 rings (SSSR count). The van der Waals surface area contributed by atoms with Gasteiger partial charge in [0, 0.05) is 15.5 Å². The average molecular weight is 271 g/mol. The quantitative estimate of drug-likeness (QED) is 0.916. The molecule has 1 fully saturated rings. The van der Waals surface area contributed by atoms with Crippen LogP contribution in [0.15, 0.2) is 22.7 Å². The normalized spacial score (nSPS) is 19.7. The minimum atomic E-state index is -0.319. The van der Waals surface area contributed by atoms with E-state index < -0.39 is 0 Å². The van der Waals surface area contributed by atoms with Gasteiger partial charge in [-0.05, 0) is 38.0 Å². The molecular weight excluding hydrogens is 256 g/mol. The number of methoxy groups -OCH3 is 1. The van der Waals surface area contributed by atoms with Crippen LogP contribution in [-0.4, -0.2) is 18.3 Å². The van der Waals surface area contributed by atoms with E-state index in [-0.39, 0.29) is 11.5 Å². The summed E-state index contributed by atoms with van der Waals surface area (Å²) in [4.78, 5) is 0. The van der Waals surface area contributed by atoms with Gasteiger partial charge in [-0.2, -0.15) is 0 Å². The summed E-state index contributed by atoms with van der Waals surface area (Å²) < 4.78 is 6.38. The molecule has 1 aromatic rings. The van der Waals surface area contributed by atoms with Crippen LogP contribution in [-0.2, 0) is 5.41 Å². The van der Waals surface area contributed by atoms with Gasteiger partial charge in [0.1, 0.15) is 5.75 Å². The highest BCUT2D eigenvalue weighted by atomic mass is 79.9. The summed E-state index contributed by atoms with van der Waals surface area (Å²) in [6.45, 7) is 1.85. The molecule has 1 aliphatic carbocycles. The first-order chi connectivity index (χ1) is 7.10. The summed E-state index contributed by atoms with van der Waals surface area (Å²) in [6, 6.07) is 5.96. The smallest absolute Gasteiger partial charge is 0.122 e. The van der Waals surface area contributed by atoms with Crippen LogP contribution in [0.5, 0.6) is 5.75 Å². The number of aliphatic hydroxyl groups is 1. The fourth-order valence-corrected chi connectivity index (χ4v) is 2.48. The molecule has 0 spiro atoms. The SMILES string of the molecule is COc1ccc(Br)cc1C1(C(C)O)CC1. The number of rotatable bonds is 3. The minimum absolute atomic E-state index is 0.0743. The Morgan fingerprint density at radius 1 is 1.47 bits per heavy atom. The molecule has 1 saturated carbocycles. The molecule has 1 N–H and O–H groups in total. The lowest BCUT2D eigenvalue weighted by Gasteiger charge is -2.21. The van der Waals surface area contributed by atoms with E-state index in [1.54, 1.807) is 7.11 Å². The number of aliphatic hydroxyl groups excluding tert-OH is 1. The van der Waals surface area contributed by atoms with E-state index in [0.717, 1.165) is 28.6 Å². The molecule has 0 heterocycles. The van der Waals surface area contributed by atoms with Crippen LogP contribution >= 0.6 is 15.9 Å². The second kappa shape index (κ2) is 3.80. The maximum atomic E-state index is 9.84. The monoisotopic (exact) mass is 270 g/mol. The van der Waals surface area contributed by atoms with Crippen molar-refractivity contribution in [2.75, 3.05) is 7.11 Å². The molecule has 0 bridgehead atoms. The number of benzene rings is 1. The molecule has 15 heavy (non-hydrogen) atoms. The van der Waals surface area contributed by atoms with Crippen molar-refractivity contribution < 1.29 is 9.84 Å². The third kappa shape index (κ3) is 1.79. The Hall–Kier alpha value is -0.540. The van der Waals surface area contributed by atoms with Gasteiger partial charge in [-0.3, -0.25) is 0 Å². The minimum Gasteiger partial charge on any atom is -0.496 e. The summed E-state index contributed by atoms with van der Waals surface area (Å²) >= 11 is 3.46. The van der Waals surface area contributed by atoms with Gasteiger partial charge in [0.05, 0.1) is 13.2 Å². The van der Waals surface area contributed by atoms with Gasteiger partial charge >= 0.3 is 0 Å². The lowest BCUT2D eigenvalue weighted by atomic mass is 9.90. The largest absolute Gasteiger partial charge is 0.496 e. The van der Waals surface area contributed by atoms with E-state index in [9.17, 15) is 5.11 Å². The first kappa shape index (κ1) is 11.0. The van der Waals surface area contributed by atoms with Crippen LogP contribution in [0.25, 0.3) is 0 Å². The summed E-state index contributed by atoms with van der Waals surface area (Å²) in [6.07, 6.45) is 1.76. The average Bonchev–Trinajstić information content (AvgIpc) is 2.98. The van der Waals surface area contributed by atoms with Crippen molar-refractivity contribution in [1.82, 2.24) is 0 Å². The van der Waals surface area contributed by atoms with Crippen molar-refractivity contribution in [2.45, 2.75) is 31.3 Å². The molecule has 1 aliphatic rings. The molecule has 0 amide bonds. The number of halogens is 1. The Morgan fingerprint density at radius 3 is 2.60 bits per heavy atom. The first-order valence-corrected chi connectivity index (χ1v) is 5.91. The van der Waals surface area contributed by atoms with Crippen molar-refractivity contribution in [3.63, 3.8) is 0 Å². The molecule has 2 nitrogen and oxygen atoms in total. The number of hydrogen-bond acceptors (Lipinski definition) is 2. The summed E-state index contributed by atoms with van der Waals surface area (Å²) in [5, 5.41) is 9.84. The lowest BCUT2D eigenvalue weighted by Crippen LogP contribution is -2.23. The maximum Gasteiger partial charge on any atom is 0.122 e. The standard InChI is InChI=1S/C12H15BrO2/c1-8(14)12(5-6-12)10-7-9(13)3-4-11(10)15-2/h3-4,7-8,14H,5-6H2,1-2H3. The Balaban J connectivity index is 2.46. The Kier molecular flexibility index (Phi) is 2.77. The van der Waals surface area contributed by atoms with Gasteiger partial charge in [0.2, 0.25) is 0 Å². The second-order valence-electron chi connectivity index (χ2n) is 4.18. The molecule has 1 unspecified atom stereocenters. The molecule has 0 aliphatic heterocycles. The molecule has 0 radical (unpaired) electrons. The highest BCUT2D eigenvalue weighted by Gasteiger charge is 2.50. The molecule has 3 heteroatoms. The van der Waals surface area contributed by atoms with Crippen LogP contribution in [0.2, 0.25) is 0 Å². The predicted molar refractivity (Wildman–Crippen MR) is 63.3 cm³/mol. The molecule has 82 valence electrons. The van der Waals surface area contributed by atoms with E-state index >= 15 is 0 Å². The van der Waals surface area contributed by atoms with Crippen LogP contribution < -0.4 is 4.74 Å². The Bertz CT molecular complexity index is 370. The first-order valence-electron chi connectivity index (χ1n) is 5.12. The van der Waals surface area contributed by atoms with Gasteiger partial charge in [-0.25, -0.2) is 0 Å². The van der Waals surface area contributed by atoms with Crippen LogP contribution in [0, 0.1) is 0 Å². The highest BCUT2D eigenvalue weighted by Crippen LogP contribution is 2.54. The fourth-order valence-electron chi connectivity index (χ4n) is 2.12. The summed E-state index contributed by atoms with van der Waals surface area (Å²) in [7, 11) is 1.67. The van der Waals surface area contributed by atoms with Gasteiger partial charge in [-0.15, -0.1) is 0 Å². The van der Waals surface area contributed by atoms with Crippen molar-refractivity contribution >= 4 is 15.9 Å². The predicted octanol–water partition coefficient (Wildman–Crippen LogP) is 2.87. The molecule has 0 aromatic heterocycles. The van der Waals surface area contributed by atoms with E-state index in [0.29, 0.717) is 0 Å². The fraction of sp³-hybridized carbons (Fsp3) is 0.500. The van der Waals surface area contributed by atoms with Gasteiger partial charge in [-0.1, -0.05) is 15.9 Å². The zero-order chi connectivity index (χ0) is 11.1. The summed E-state index contributed by atoms with van der Waals surface area (Å²) in [5.41, 5.74) is 1.05. The van der Waals surface area contributed by atoms with Crippen molar-refractivity contribution in [3.8, 4) is 5.75 Å². The molecular formula is C12H15BrO2. The molecule has 1 aromatic carbocycles. The van der Waals surface area contributed by atoms with Crippen molar-refractivity contribution in [2.24, 2.45) is 0 Å². The lowest BCUT2D eigenvalue weighted by molar-refractivity contribution is 0.149. The van der Waals surface area contributed by atoms with E-state index in [4.69, 9.17) is 4.74 Å². The van der Waals surface area contributed by atoms with Crippen LogP contribution in [0.4, 0.5) is 0 Å². The Morgan fingerprint density at radius 2 is 2.13 bits per heavy atom. The van der Waals surface area contributed by atoms with Gasteiger partial charge in [0.25, 0.3) is 0 Å². The zero-order valence-electron chi connectivity index (χ0n) is 8.96. The maximum absolute atomic E-state index is 9.84. The number of ether oxygens (including phenoxy) is 1. The van der Waals surface area contributed by atoms with Crippen LogP contribution in [0.1, 0.15) is 25.3 Å². The van der Waals surface area contributed by atoms with E-state index in [1.807, 2.05) is 19.1 Å². The Labute approximate surface area is 98.4 Å². The highest BCUT2D eigenvalue weighted by molar-refractivity contribution is 9.10. The summed E-state index contributed by atoms with van der Waals surface area (Å²) in [5.74, 6) is 0.872. The van der Waals surface area contributed by atoms with Crippen molar-refractivity contribution in [1.29, 1.82) is 0 Å². The third-order valence-electron chi connectivity index (χ3n) is 3.29. The van der Waals surface area contributed by atoms with Gasteiger partial charge in [0.15, 0.2) is 0 Å². The van der Waals surface area contributed by atoms with Gasteiger partial charge < -0.3 is 9.84 Å². The van der Waals surface area contributed by atoms with E-state index in [1.165, 1.54) is 0 Å².